The number of hydrogen-bond donors (Lipinski definition) is 1. The fraction of sp³-hybridized carbons (Fsp3) is 0.412. The maximum absolute atomic E-state index is 12.3. The standard InChI is InChI=1S/C17H22N4O2/c1-14(13-20-9-11-23-12-10-20)18-17(22)16-7-8-21(19-16)15-5-3-2-4-6-15/h2-8,14H,9-13H2,1H3,(H,18,22)/t14-/m1/s1. The average Bonchev–Trinajstić information content (AvgIpc) is 3.06. The van der Waals surface area contributed by atoms with Crippen molar-refractivity contribution in [2.24, 2.45) is 0 Å². The summed E-state index contributed by atoms with van der Waals surface area (Å²) in [6.07, 6.45) is 1.80. The van der Waals surface area contributed by atoms with Gasteiger partial charge >= 0.3 is 0 Å². The molecule has 1 fully saturated rings. The minimum atomic E-state index is -0.138. The molecule has 2 heterocycles. The quantitative estimate of drug-likeness (QED) is 0.904. The minimum Gasteiger partial charge on any atom is -0.379 e. The van der Waals surface area contributed by atoms with E-state index in [1.807, 2.05) is 37.3 Å². The number of aromatic nitrogens is 2. The second kappa shape index (κ2) is 7.39. The molecule has 1 aromatic heterocycles. The minimum absolute atomic E-state index is 0.0717. The summed E-state index contributed by atoms with van der Waals surface area (Å²) in [5, 5.41) is 7.36. The van der Waals surface area contributed by atoms with E-state index in [-0.39, 0.29) is 11.9 Å². The Labute approximate surface area is 136 Å². The topological polar surface area (TPSA) is 59.4 Å². The molecule has 2 aromatic rings. The lowest BCUT2D eigenvalue weighted by Gasteiger charge is -2.29. The zero-order valence-corrected chi connectivity index (χ0v) is 13.3. The molecule has 23 heavy (non-hydrogen) atoms. The van der Waals surface area contributed by atoms with Gasteiger partial charge in [0.2, 0.25) is 0 Å². The molecule has 3 rings (SSSR count). The molecule has 1 atom stereocenters. The van der Waals surface area contributed by atoms with Crippen molar-refractivity contribution in [2.75, 3.05) is 32.8 Å². The van der Waals surface area contributed by atoms with E-state index in [0.29, 0.717) is 5.69 Å². The summed E-state index contributed by atoms with van der Waals surface area (Å²) in [5.41, 5.74) is 1.37. The van der Waals surface area contributed by atoms with Crippen molar-refractivity contribution < 1.29 is 9.53 Å². The lowest BCUT2D eigenvalue weighted by molar-refractivity contribution is 0.0342. The maximum atomic E-state index is 12.3. The Hall–Kier alpha value is -2.18. The van der Waals surface area contributed by atoms with Crippen LogP contribution in [0.4, 0.5) is 0 Å². The Balaban J connectivity index is 1.56. The summed E-state index contributed by atoms with van der Waals surface area (Å²) in [5.74, 6) is -0.138. The zero-order valence-electron chi connectivity index (χ0n) is 13.3. The summed E-state index contributed by atoms with van der Waals surface area (Å²) in [7, 11) is 0. The third kappa shape index (κ3) is 4.18. The molecule has 1 amide bonds. The molecule has 0 radical (unpaired) electrons. The van der Waals surface area contributed by atoms with Crippen LogP contribution in [-0.2, 0) is 4.74 Å². The number of rotatable bonds is 5. The molecule has 1 saturated heterocycles. The number of carbonyl (C=O) groups excluding carboxylic acids is 1. The van der Waals surface area contributed by atoms with Crippen LogP contribution < -0.4 is 5.32 Å². The highest BCUT2D eigenvalue weighted by atomic mass is 16.5. The molecule has 1 aromatic carbocycles. The Bertz CT molecular complexity index is 635. The predicted molar refractivity (Wildman–Crippen MR) is 87.8 cm³/mol. The van der Waals surface area contributed by atoms with E-state index in [1.54, 1.807) is 16.9 Å². The third-order valence-corrected chi connectivity index (χ3v) is 3.86. The van der Waals surface area contributed by atoms with Gasteiger partial charge in [0.05, 0.1) is 18.9 Å². The predicted octanol–water partition coefficient (Wildman–Crippen LogP) is 1.32. The highest BCUT2D eigenvalue weighted by Gasteiger charge is 2.17. The highest BCUT2D eigenvalue weighted by Crippen LogP contribution is 2.07. The number of ether oxygens (including phenoxy) is 1. The molecule has 1 N–H and O–H groups in total. The van der Waals surface area contributed by atoms with E-state index in [1.165, 1.54) is 0 Å². The number of carbonyl (C=O) groups is 1. The van der Waals surface area contributed by atoms with E-state index in [0.717, 1.165) is 38.5 Å². The van der Waals surface area contributed by atoms with Gasteiger partial charge < -0.3 is 10.1 Å². The van der Waals surface area contributed by atoms with Gasteiger partial charge in [-0.15, -0.1) is 0 Å². The van der Waals surface area contributed by atoms with Gasteiger partial charge in [-0.1, -0.05) is 18.2 Å². The lowest BCUT2D eigenvalue weighted by atomic mass is 10.2. The van der Waals surface area contributed by atoms with Crippen molar-refractivity contribution >= 4 is 5.91 Å². The summed E-state index contributed by atoms with van der Waals surface area (Å²) in [6, 6.07) is 11.6. The Kier molecular flexibility index (Phi) is 5.05. The summed E-state index contributed by atoms with van der Waals surface area (Å²) < 4.78 is 7.04. The number of nitrogens with one attached hydrogen (secondary N) is 1. The monoisotopic (exact) mass is 314 g/mol. The number of hydrogen-bond acceptors (Lipinski definition) is 4. The average molecular weight is 314 g/mol. The first-order chi connectivity index (χ1) is 11.2. The van der Waals surface area contributed by atoms with Gasteiger partial charge in [-0.3, -0.25) is 9.69 Å². The molecular weight excluding hydrogens is 292 g/mol. The Morgan fingerprint density at radius 3 is 2.74 bits per heavy atom. The van der Waals surface area contributed by atoms with E-state index in [9.17, 15) is 4.79 Å². The molecule has 122 valence electrons. The van der Waals surface area contributed by atoms with Gasteiger partial charge in [-0.05, 0) is 25.1 Å². The molecule has 0 aliphatic carbocycles. The Morgan fingerprint density at radius 2 is 2.00 bits per heavy atom. The molecule has 0 saturated carbocycles. The van der Waals surface area contributed by atoms with Crippen molar-refractivity contribution in [1.29, 1.82) is 0 Å². The number of benzene rings is 1. The highest BCUT2D eigenvalue weighted by molar-refractivity contribution is 5.92. The van der Waals surface area contributed by atoms with Crippen LogP contribution >= 0.6 is 0 Å². The van der Waals surface area contributed by atoms with Crippen LogP contribution in [0.1, 0.15) is 17.4 Å². The molecule has 1 aliphatic heterocycles. The van der Waals surface area contributed by atoms with Crippen LogP contribution in [0.3, 0.4) is 0 Å². The molecular formula is C17H22N4O2. The second-order valence-electron chi connectivity index (χ2n) is 5.77. The summed E-state index contributed by atoms with van der Waals surface area (Å²) >= 11 is 0. The summed E-state index contributed by atoms with van der Waals surface area (Å²) in [6.45, 7) is 6.21. The fourth-order valence-electron chi connectivity index (χ4n) is 2.68. The van der Waals surface area contributed by atoms with Crippen molar-refractivity contribution in [3.63, 3.8) is 0 Å². The van der Waals surface area contributed by atoms with Crippen LogP contribution in [0, 0.1) is 0 Å². The molecule has 1 aliphatic rings. The van der Waals surface area contributed by atoms with Gasteiger partial charge in [0, 0.05) is 31.9 Å². The lowest BCUT2D eigenvalue weighted by Crippen LogP contribution is -2.46. The van der Waals surface area contributed by atoms with Gasteiger partial charge in [-0.25, -0.2) is 4.68 Å². The van der Waals surface area contributed by atoms with Gasteiger partial charge in [0.15, 0.2) is 5.69 Å². The normalized spacial score (nSPS) is 16.9. The van der Waals surface area contributed by atoms with Crippen molar-refractivity contribution in [3.8, 4) is 5.69 Å². The van der Waals surface area contributed by atoms with Crippen LogP contribution in [0.2, 0.25) is 0 Å². The zero-order chi connectivity index (χ0) is 16.1. The van der Waals surface area contributed by atoms with Crippen molar-refractivity contribution in [3.05, 3.63) is 48.3 Å². The number of nitrogens with zero attached hydrogens (tertiary/aromatic N) is 3. The number of morpholine rings is 1. The first-order valence-corrected chi connectivity index (χ1v) is 7.94. The van der Waals surface area contributed by atoms with E-state index >= 15 is 0 Å². The molecule has 6 nitrogen and oxygen atoms in total. The van der Waals surface area contributed by atoms with Crippen LogP contribution in [0.15, 0.2) is 42.6 Å². The summed E-state index contributed by atoms with van der Waals surface area (Å²) in [4.78, 5) is 14.6. The largest absolute Gasteiger partial charge is 0.379 e. The first kappa shape index (κ1) is 15.7. The number of amides is 1. The van der Waals surface area contributed by atoms with Crippen LogP contribution in [0.25, 0.3) is 5.69 Å². The van der Waals surface area contributed by atoms with E-state index < -0.39 is 0 Å². The van der Waals surface area contributed by atoms with Crippen LogP contribution in [0.5, 0.6) is 0 Å². The molecule has 0 bridgehead atoms. The Morgan fingerprint density at radius 1 is 1.26 bits per heavy atom. The third-order valence-electron chi connectivity index (χ3n) is 3.86. The smallest absolute Gasteiger partial charge is 0.272 e. The molecule has 0 spiro atoms. The van der Waals surface area contributed by atoms with Gasteiger partial charge in [0.25, 0.3) is 5.91 Å². The van der Waals surface area contributed by atoms with Crippen LogP contribution in [-0.4, -0.2) is 59.5 Å². The molecule has 6 heteroatoms. The molecule has 0 unspecified atom stereocenters. The van der Waals surface area contributed by atoms with Crippen molar-refractivity contribution in [2.45, 2.75) is 13.0 Å². The second-order valence-corrected chi connectivity index (χ2v) is 5.77. The van der Waals surface area contributed by atoms with E-state index in [2.05, 4.69) is 15.3 Å². The van der Waals surface area contributed by atoms with E-state index in [4.69, 9.17) is 4.74 Å². The first-order valence-electron chi connectivity index (χ1n) is 7.94. The van der Waals surface area contributed by atoms with Gasteiger partial charge in [-0.2, -0.15) is 5.10 Å². The maximum Gasteiger partial charge on any atom is 0.272 e. The van der Waals surface area contributed by atoms with Gasteiger partial charge in [0.1, 0.15) is 0 Å². The number of para-hydroxylation sites is 1. The SMILES string of the molecule is C[C@H](CN1CCOCC1)NC(=O)c1ccn(-c2ccccc2)n1. The van der Waals surface area contributed by atoms with Crippen molar-refractivity contribution in [1.82, 2.24) is 20.0 Å². The fourth-order valence-corrected chi connectivity index (χ4v) is 2.68.